The molecule has 5 nitrogen and oxygen atoms in total. The number of hydrogen-bond acceptors (Lipinski definition) is 4. The van der Waals surface area contributed by atoms with Gasteiger partial charge in [0.1, 0.15) is 11.5 Å². The maximum atomic E-state index is 12.1. The molecule has 0 bridgehead atoms. The van der Waals surface area contributed by atoms with Crippen molar-refractivity contribution in [3.8, 4) is 11.5 Å². The summed E-state index contributed by atoms with van der Waals surface area (Å²) < 4.78 is 10.5. The molecule has 0 spiro atoms. The molecule has 5 heteroatoms. The number of carbonyl (C=O) groups is 1. The lowest BCUT2D eigenvalue weighted by molar-refractivity contribution is -0.123. The van der Waals surface area contributed by atoms with Crippen molar-refractivity contribution in [2.24, 2.45) is 5.92 Å². The normalized spacial score (nSPS) is 21.6. The minimum absolute atomic E-state index is 0.0490. The number of rotatable bonds is 5. The van der Waals surface area contributed by atoms with E-state index in [0.29, 0.717) is 12.5 Å². The number of hydrogen-bond donors (Lipinski definition) is 2. The number of benzene rings is 1. The second-order valence-electron chi connectivity index (χ2n) is 5.09. The zero-order valence-corrected chi connectivity index (χ0v) is 12.2. The number of ether oxygens (including phenoxy) is 2. The summed E-state index contributed by atoms with van der Waals surface area (Å²) in [6.45, 7) is 3.46. The molecular formula is C15H22N2O3. The van der Waals surface area contributed by atoms with Crippen LogP contribution in [0.1, 0.15) is 18.9 Å². The SMILES string of the molecule is COc1ccc(CNC(=O)C2NCCC2C)c(OC)c1. The van der Waals surface area contributed by atoms with Crippen molar-refractivity contribution in [2.45, 2.75) is 25.9 Å². The van der Waals surface area contributed by atoms with Crippen LogP contribution in [0.5, 0.6) is 11.5 Å². The lowest BCUT2D eigenvalue weighted by Crippen LogP contribution is -2.42. The van der Waals surface area contributed by atoms with Crippen molar-refractivity contribution in [2.75, 3.05) is 20.8 Å². The lowest BCUT2D eigenvalue weighted by Gasteiger charge is -2.16. The summed E-state index contributed by atoms with van der Waals surface area (Å²) in [5.74, 6) is 1.89. The first-order chi connectivity index (χ1) is 9.65. The molecule has 1 amide bonds. The van der Waals surface area contributed by atoms with E-state index >= 15 is 0 Å². The summed E-state index contributed by atoms with van der Waals surface area (Å²) >= 11 is 0. The van der Waals surface area contributed by atoms with Gasteiger partial charge in [0.05, 0.1) is 20.3 Å². The Labute approximate surface area is 119 Å². The summed E-state index contributed by atoms with van der Waals surface area (Å²) in [6, 6.07) is 5.50. The van der Waals surface area contributed by atoms with E-state index < -0.39 is 0 Å². The van der Waals surface area contributed by atoms with E-state index in [1.807, 2.05) is 18.2 Å². The second kappa shape index (κ2) is 6.61. The minimum atomic E-state index is -0.0840. The van der Waals surface area contributed by atoms with Gasteiger partial charge in [0.2, 0.25) is 5.91 Å². The number of amides is 1. The molecule has 1 aromatic carbocycles. The highest BCUT2D eigenvalue weighted by Gasteiger charge is 2.28. The van der Waals surface area contributed by atoms with E-state index in [1.54, 1.807) is 14.2 Å². The zero-order chi connectivity index (χ0) is 14.5. The molecule has 0 aliphatic carbocycles. The Kier molecular flexibility index (Phi) is 4.84. The predicted molar refractivity (Wildman–Crippen MR) is 77.0 cm³/mol. The molecule has 1 heterocycles. The first-order valence-electron chi connectivity index (χ1n) is 6.87. The topological polar surface area (TPSA) is 59.6 Å². The number of carbonyl (C=O) groups excluding carboxylic acids is 1. The standard InChI is InChI=1S/C15H22N2O3/c1-10-6-7-16-14(10)15(18)17-9-11-4-5-12(19-2)8-13(11)20-3/h4-5,8,10,14,16H,6-7,9H2,1-3H3,(H,17,18). The van der Waals surface area contributed by atoms with Gasteiger partial charge in [-0.2, -0.15) is 0 Å². The van der Waals surface area contributed by atoms with Crippen LogP contribution in [-0.4, -0.2) is 32.7 Å². The highest BCUT2D eigenvalue weighted by Crippen LogP contribution is 2.24. The largest absolute Gasteiger partial charge is 0.497 e. The average Bonchev–Trinajstić information content (AvgIpc) is 2.90. The van der Waals surface area contributed by atoms with Crippen LogP contribution in [-0.2, 0) is 11.3 Å². The Morgan fingerprint density at radius 3 is 2.80 bits per heavy atom. The van der Waals surface area contributed by atoms with Crippen LogP contribution in [0.2, 0.25) is 0 Å². The molecule has 110 valence electrons. The first kappa shape index (κ1) is 14.7. The number of nitrogens with one attached hydrogen (secondary N) is 2. The van der Waals surface area contributed by atoms with Crippen LogP contribution in [0.3, 0.4) is 0 Å². The van der Waals surface area contributed by atoms with Gasteiger partial charge in [-0.1, -0.05) is 6.92 Å². The predicted octanol–water partition coefficient (Wildman–Crippen LogP) is 1.32. The van der Waals surface area contributed by atoms with Gasteiger partial charge in [0.25, 0.3) is 0 Å². The summed E-state index contributed by atoms with van der Waals surface area (Å²) in [7, 11) is 3.23. The molecule has 1 aromatic rings. The average molecular weight is 278 g/mol. The van der Waals surface area contributed by atoms with E-state index in [2.05, 4.69) is 17.6 Å². The molecule has 0 aromatic heterocycles. The van der Waals surface area contributed by atoms with Crippen molar-refractivity contribution in [3.05, 3.63) is 23.8 Å². The summed E-state index contributed by atoms with van der Waals surface area (Å²) in [5.41, 5.74) is 0.937. The summed E-state index contributed by atoms with van der Waals surface area (Å²) in [6.07, 6.45) is 1.05. The second-order valence-corrected chi connectivity index (χ2v) is 5.09. The molecule has 1 saturated heterocycles. The maximum Gasteiger partial charge on any atom is 0.237 e. The fraction of sp³-hybridized carbons (Fsp3) is 0.533. The third-order valence-corrected chi connectivity index (χ3v) is 3.76. The van der Waals surface area contributed by atoms with Gasteiger partial charge in [-0.3, -0.25) is 4.79 Å². The van der Waals surface area contributed by atoms with E-state index in [9.17, 15) is 4.79 Å². The van der Waals surface area contributed by atoms with Crippen molar-refractivity contribution in [1.82, 2.24) is 10.6 Å². The van der Waals surface area contributed by atoms with Crippen LogP contribution >= 0.6 is 0 Å². The molecule has 2 atom stereocenters. The van der Waals surface area contributed by atoms with E-state index in [4.69, 9.17) is 9.47 Å². The van der Waals surface area contributed by atoms with Gasteiger partial charge in [-0.05, 0) is 31.0 Å². The molecule has 20 heavy (non-hydrogen) atoms. The van der Waals surface area contributed by atoms with E-state index in [-0.39, 0.29) is 11.9 Å². The zero-order valence-electron chi connectivity index (χ0n) is 12.2. The fourth-order valence-corrected chi connectivity index (χ4v) is 2.48. The van der Waals surface area contributed by atoms with Gasteiger partial charge >= 0.3 is 0 Å². The Morgan fingerprint density at radius 1 is 1.40 bits per heavy atom. The van der Waals surface area contributed by atoms with Crippen molar-refractivity contribution in [1.29, 1.82) is 0 Å². The minimum Gasteiger partial charge on any atom is -0.497 e. The quantitative estimate of drug-likeness (QED) is 0.853. The third kappa shape index (κ3) is 3.22. The van der Waals surface area contributed by atoms with Crippen LogP contribution in [0, 0.1) is 5.92 Å². The molecular weight excluding hydrogens is 256 g/mol. The van der Waals surface area contributed by atoms with Crippen LogP contribution in [0.4, 0.5) is 0 Å². The fourth-order valence-electron chi connectivity index (χ4n) is 2.48. The van der Waals surface area contributed by atoms with E-state index in [1.165, 1.54) is 0 Å². The molecule has 2 unspecified atom stereocenters. The highest BCUT2D eigenvalue weighted by molar-refractivity contribution is 5.82. The van der Waals surface area contributed by atoms with Crippen LogP contribution in [0.25, 0.3) is 0 Å². The monoisotopic (exact) mass is 278 g/mol. The van der Waals surface area contributed by atoms with Gasteiger partial charge in [-0.25, -0.2) is 0 Å². The summed E-state index contributed by atoms with van der Waals surface area (Å²) in [5, 5.41) is 6.19. The smallest absolute Gasteiger partial charge is 0.237 e. The molecule has 0 saturated carbocycles. The van der Waals surface area contributed by atoms with Crippen molar-refractivity contribution < 1.29 is 14.3 Å². The lowest BCUT2D eigenvalue weighted by atomic mass is 10.0. The Bertz CT molecular complexity index is 476. The Morgan fingerprint density at radius 2 is 2.20 bits per heavy atom. The molecule has 2 rings (SSSR count). The molecule has 1 aliphatic rings. The van der Waals surface area contributed by atoms with E-state index in [0.717, 1.165) is 30.0 Å². The van der Waals surface area contributed by atoms with Gasteiger partial charge in [0, 0.05) is 18.2 Å². The first-order valence-corrected chi connectivity index (χ1v) is 6.87. The van der Waals surface area contributed by atoms with Gasteiger partial charge < -0.3 is 20.1 Å². The summed E-state index contributed by atoms with van der Waals surface area (Å²) in [4.78, 5) is 12.1. The number of methoxy groups -OCH3 is 2. The molecule has 1 fully saturated rings. The third-order valence-electron chi connectivity index (χ3n) is 3.76. The van der Waals surface area contributed by atoms with Crippen LogP contribution in [0.15, 0.2) is 18.2 Å². The molecule has 2 N–H and O–H groups in total. The Balaban J connectivity index is 1.98. The van der Waals surface area contributed by atoms with Crippen LogP contribution < -0.4 is 20.1 Å². The molecule has 0 radical (unpaired) electrons. The van der Waals surface area contributed by atoms with Crippen molar-refractivity contribution in [3.63, 3.8) is 0 Å². The highest BCUT2D eigenvalue weighted by atomic mass is 16.5. The van der Waals surface area contributed by atoms with Crippen molar-refractivity contribution >= 4 is 5.91 Å². The molecule has 1 aliphatic heterocycles. The maximum absolute atomic E-state index is 12.1. The van der Waals surface area contributed by atoms with Gasteiger partial charge in [-0.15, -0.1) is 0 Å². The van der Waals surface area contributed by atoms with Gasteiger partial charge in [0.15, 0.2) is 0 Å². The Hall–Kier alpha value is -1.75.